The monoisotopic (exact) mass is 176 g/mol. The second-order valence-electron chi connectivity index (χ2n) is 2.13. The van der Waals surface area contributed by atoms with Crippen molar-refractivity contribution in [2.75, 3.05) is 5.75 Å². The molecular formula is C7H12OS2. The molecule has 0 aliphatic carbocycles. The van der Waals surface area contributed by atoms with Gasteiger partial charge in [0.1, 0.15) is 0 Å². The maximum Gasteiger partial charge on any atom is 0.201 e. The molecule has 0 fully saturated rings. The highest BCUT2D eigenvalue weighted by Gasteiger charge is 2.06. The van der Waals surface area contributed by atoms with Crippen LogP contribution in [0.5, 0.6) is 0 Å². The Labute approximate surface area is 70.0 Å². The largest absolute Gasteiger partial charge is 0.286 e. The molecular weight excluding hydrogens is 164 g/mol. The molecule has 10 heavy (non-hydrogen) atoms. The summed E-state index contributed by atoms with van der Waals surface area (Å²) >= 11 is 0. The molecule has 0 N–H and O–H groups in total. The van der Waals surface area contributed by atoms with Crippen LogP contribution in [0.2, 0.25) is 0 Å². The highest BCUT2D eigenvalue weighted by Crippen LogP contribution is 2.24. The summed E-state index contributed by atoms with van der Waals surface area (Å²) in [5.74, 6) is 0.977. The van der Waals surface area contributed by atoms with E-state index in [9.17, 15) is 4.79 Å². The van der Waals surface area contributed by atoms with Gasteiger partial charge < -0.3 is 0 Å². The maximum absolute atomic E-state index is 10.9. The number of hydrogen-bond acceptors (Lipinski definition) is 3. The minimum Gasteiger partial charge on any atom is -0.286 e. The summed E-state index contributed by atoms with van der Waals surface area (Å²) in [7, 11) is 2.85. The Balaban J connectivity index is 3.30. The molecule has 3 heteroatoms. The number of hydrogen-bond donors (Lipinski definition) is 0. The van der Waals surface area contributed by atoms with E-state index in [1.54, 1.807) is 6.08 Å². The Morgan fingerprint density at radius 3 is 2.70 bits per heavy atom. The van der Waals surface area contributed by atoms with Gasteiger partial charge in [0.15, 0.2) is 0 Å². The van der Waals surface area contributed by atoms with Crippen molar-refractivity contribution in [1.82, 2.24) is 0 Å². The average Bonchev–Trinajstić information content (AvgIpc) is 1.88. The lowest BCUT2D eigenvalue weighted by molar-refractivity contribution is -0.113. The first-order chi connectivity index (χ1) is 4.68. The molecule has 0 aromatic rings. The fraction of sp³-hybridized carbons (Fsp3) is 0.571. The minimum atomic E-state index is 0.141. The molecule has 0 atom stereocenters. The smallest absolute Gasteiger partial charge is 0.201 e. The van der Waals surface area contributed by atoms with Crippen LogP contribution in [0.3, 0.4) is 0 Å². The van der Waals surface area contributed by atoms with E-state index >= 15 is 0 Å². The van der Waals surface area contributed by atoms with Gasteiger partial charge in [0.25, 0.3) is 0 Å². The summed E-state index contributed by atoms with van der Waals surface area (Å²) in [5.41, 5.74) is 0. The highest BCUT2D eigenvalue weighted by molar-refractivity contribution is 8.82. The topological polar surface area (TPSA) is 17.1 Å². The van der Waals surface area contributed by atoms with E-state index in [-0.39, 0.29) is 11.0 Å². The molecule has 0 radical (unpaired) electrons. The molecule has 0 aromatic carbocycles. The summed E-state index contributed by atoms with van der Waals surface area (Å²) < 4.78 is 0. The molecule has 0 bridgehead atoms. The first kappa shape index (κ1) is 10.1. The van der Waals surface area contributed by atoms with E-state index in [0.29, 0.717) is 0 Å². The van der Waals surface area contributed by atoms with Gasteiger partial charge in [-0.2, -0.15) is 0 Å². The summed E-state index contributed by atoms with van der Waals surface area (Å²) in [6.45, 7) is 7.37. The van der Waals surface area contributed by atoms with Crippen LogP contribution in [-0.4, -0.2) is 10.9 Å². The maximum atomic E-state index is 10.9. The van der Waals surface area contributed by atoms with Crippen molar-refractivity contribution >= 4 is 26.7 Å². The Hall–Kier alpha value is 0.110. The van der Waals surface area contributed by atoms with Crippen molar-refractivity contribution in [3.05, 3.63) is 12.7 Å². The van der Waals surface area contributed by atoms with Gasteiger partial charge in [-0.3, -0.25) is 4.79 Å². The lowest BCUT2D eigenvalue weighted by atomic mass is 10.3. The van der Waals surface area contributed by atoms with Gasteiger partial charge in [-0.25, -0.2) is 0 Å². The van der Waals surface area contributed by atoms with Crippen molar-refractivity contribution in [1.29, 1.82) is 0 Å². The Morgan fingerprint density at radius 2 is 2.30 bits per heavy atom. The van der Waals surface area contributed by atoms with Gasteiger partial charge in [0.05, 0.1) is 0 Å². The third-order valence-electron chi connectivity index (χ3n) is 0.798. The van der Waals surface area contributed by atoms with Crippen LogP contribution >= 0.6 is 21.6 Å². The fourth-order valence-electron chi connectivity index (χ4n) is 0.236. The zero-order valence-electron chi connectivity index (χ0n) is 6.29. The van der Waals surface area contributed by atoms with Gasteiger partial charge >= 0.3 is 0 Å². The van der Waals surface area contributed by atoms with Gasteiger partial charge in [-0.1, -0.05) is 30.7 Å². The van der Waals surface area contributed by atoms with Crippen LogP contribution in [-0.2, 0) is 4.79 Å². The van der Waals surface area contributed by atoms with Crippen LogP contribution in [0.15, 0.2) is 12.7 Å². The van der Waals surface area contributed by atoms with E-state index in [1.165, 1.54) is 21.6 Å². The minimum absolute atomic E-state index is 0.141. The van der Waals surface area contributed by atoms with Crippen LogP contribution in [0, 0.1) is 5.92 Å². The zero-order chi connectivity index (χ0) is 7.98. The number of carbonyl (C=O) groups excluding carboxylic acids is 1. The molecule has 1 nitrogen and oxygen atoms in total. The summed E-state index contributed by atoms with van der Waals surface area (Å²) in [6, 6.07) is 0. The molecule has 0 heterocycles. The fourth-order valence-corrected chi connectivity index (χ4v) is 2.13. The SMILES string of the molecule is C=CCSSC(=O)C(C)C. The second kappa shape index (κ2) is 5.86. The van der Waals surface area contributed by atoms with E-state index in [1.807, 2.05) is 13.8 Å². The third-order valence-corrected chi connectivity index (χ3v) is 3.18. The van der Waals surface area contributed by atoms with E-state index in [2.05, 4.69) is 6.58 Å². The Morgan fingerprint density at radius 1 is 1.70 bits per heavy atom. The number of carbonyl (C=O) groups is 1. The Bertz CT molecular complexity index is 121. The van der Waals surface area contributed by atoms with Crippen molar-refractivity contribution in [3.8, 4) is 0 Å². The zero-order valence-corrected chi connectivity index (χ0v) is 7.93. The van der Waals surface area contributed by atoms with E-state index < -0.39 is 0 Å². The van der Waals surface area contributed by atoms with Crippen molar-refractivity contribution < 1.29 is 4.79 Å². The molecule has 0 spiro atoms. The standard InChI is InChI=1S/C7H12OS2/c1-4-5-9-10-7(8)6(2)3/h4,6H,1,5H2,2-3H3. The third kappa shape index (κ3) is 4.94. The van der Waals surface area contributed by atoms with Crippen LogP contribution in [0.4, 0.5) is 0 Å². The van der Waals surface area contributed by atoms with E-state index in [0.717, 1.165) is 5.75 Å². The van der Waals surface area contributed by atoms with Gasteiger partial charge in [0, 0.05) is 11.7 Å². The molecule has 0 unspecified atom stereocenters. The van der Waals surface area contributed by atoms with Gasteiger partial charge in [0.2, 0.25) is 5.12 Å². The molecule has 0 aliphatic heterocycles. The first-order valence-electron chi connectivity index (χ1n) is 3.12. The first-order valence-corrected chi connectivity index (χ1v) is 5.44. The molecule has 58 valence electrons. The molecule has 0 saturated heterocycles. The summed E-state index contributed by atoms with van der Waals surface area (Å²) in [4.78, 5) is 10.9. The van der Waals surface area contributed by atoms with Crippen LogP contribution in [0.1, 0.15) is 13.8 Å². The normalized spacial score (nSPS) is 9.90. The lowest BCUT2D eigenvalue weighted by Gasteiger charge is -1.99. The van der Waals surface area contributed by atoms with Crippen LogP contribution in [0.25, 0.3) is 0 Å². The lowest BCUT2D eigenvalue weighted by Crippen LogP contribution is -1.98. The average molecular weight is 176 g/mol. The number of rotatable bonds is 4. The van der Waals surface area contributed by atoms with E-state index in [4.69, 9.17) is 0 Å². The molecule has 0 amide bonds. The van der Waals surface area contributed by atoms with Crippen LogP contribution < -0.4 is 0 Å². The van der Waals surface area contributed by atoms with Gasteiger partial charge in [-0.15, -0.1) is 6.58 Å². The van der Waals surface area contributed by atoms with Crippen molar-refractivity contribution in [2.24, 2.45) is 5.92 Å². The molecule has 0 aromatic heterocycles. The summed E-state index contributed by atoms with van der Waals surface area (Å²) in [5, 5.41) is 0.242. The Kier molecular flexibility index (Phi) is 5.93. The van der Waals surface area contributed by atoms with Crippen molar-refractivity contribution in [2.45, 2.75) is 13.8 Å². The molecule has 0 aliphatic rings. The van der Waals surface area contributed by atoms with Gasteiger partial charge in [-0.05, 0) is 10.8 Å². The predicted octanol–water partition coefficient (Wildman–Crippen LogP) is 2.74. The van der Waals surface area contributed by atoms with Crippen molar-refractivity contribution in [3.63, 3.8) is 0 Å². The second-order valence-corrected chi connectivity index (χ2v) is 4.48. The molecule has 0 saturated carbocycles. The quantitative estimate of drug-likeness (QED) is 0.372. The highest BCUT2D eigenvalue weighted by atomic mass is 33.1. The predicted molar refractivity (Wildman–Crippen MR) is 50.1 cm³/mol. The summed E-state index contributed by atoms with van der Waals surface area (Å²) in [6.07, 6.45) is 1.80. The molecule has 0 rings (SSSR count).